The SMILES string of the molecule is O=S(=O)(c1ccccc1)N(c1ccc(F)cc1)C1CCN([C@@H]2CCCC[C@@H]2c2ccccc2)CC1. The first-order valence-electron chi connectivity index (χ1n) is 12.7. The van der Waals surface area contributed by atoms with Crippen LogP contribution in [-0.2, 0) is 10.0 Å². The quantitative estimate of drug-likeness (QED) is 0.411. The molecule has 0 N–H and O–H groups in total. The van der Waals surface area contributed by atoms with E-state index in [4.69, 9.17) is 0 Å². The van der Waals surface area contributed by atoms with Gasteiger partial charge in [-0.05, 0) is 73.6 Å². The Morgan fingerprint density at radius 2 is 1.34 bits per heavy atom. The molecule has 1 saturated carbocycles. The lowest BCUT2D eigenvalue weighted by Crippen LogP contribution is -2.51. The number of nitrogens with zero attached hydrogens (tertiary/aromatic N) is 2. The van der Waals surface area contributed by atoms with E-state index in [9.17, 15) is 12.8 Å². The fourth-order valence-electron chi connectivity index (χ4n) is 5.93. The van der Waals surface area contributed by atoms with Crippen molar-refractivity contribution >= 4 is 15.7 Å². The predicted molar refractivity (Wildman–Crippen MR) is 139 cm³/mol. The maximum Gasteiger partial charge on any atom is 0.264 e. The lowest BCUT2D eigenvalue weighted by molar-refractivity contribution is 0.107. The Morgan fingerprint density at radius 1 is 0.743 bits per heavy atom. The number of likely N-dealkylation sites (tertiary alicyclic amines) is 1. The van der Waals surface area contributed by atoms with E-state index < -0.39 is 10.0 Å². The zero-order valence-corrected chi connectivity index (χ0v) is 20.8. The summed E-state index contributed by atoms with van der Waals surface area (Å²) >= 11 is 0. The number of halogens is 1. The van der Waals surface area contributed by atoms with Crippen LogP contribution >= 0.6 is 0 Å². The van der Waals surface area contributed by atoms with Gasteiger partial charge in [0.1, 0.15) is 5.82 Å². The smallest absolute Gasteiger partial charge is 0.264 e. The Labute approximate surface area is 208 Å². The minimum absolute atomic E-state index is 0.166. The summed E-state index contributed by atoms with van der Waals surface area (Å²) < 4.78 is 42.7. The molecule has 1 saturated heterocycles. The van der Waals surface area contributed by atoms with E-state index >= 15 is 0 Å². The first kappa shape index (κ1) is 24.0. The van der Waals surface area contributed by atoms with Gasteiger partial charge in [0.05, 0.1) is 10.6 Å². The summed E-state index contributed by atoms with van der Waals surface area (Å²) in [7, 11) is -3.77. The van der Waals surface area contributed by atoms with Crippen LogP contribution in [0, 0.1) is 5.82 Å². The molecule has 1 aliphatic heterocycles. The molecule has 35 heavy (non-hydrogen) atoms. The molecule has 1 aliphatic carbocycles. The maximum absolute atomic E-state index is 13.8. The number of hydrogen-bond donors (Lipinski definition) is 0. The lowest BCUT2D eigenvalue weighted by Gasteiger charge is -2.45. The average Bonchev–Trinajstić information content (AvgIpc) is 2.91. The van der Waals surface area contributed by atoms with Gasteiger partial charge >= 0.3 is 0 Å². The highest BCUT2D eigenvalue weighted by Gasteiger charge is 2.38. The minimum Gasteiger partial charge on any atom is -0.300 e. The molecule has 0 amide bonds. The van der Waals surface area contributed by atoms with Crippen molar-refractivity contribution < 1.29 is 12.8 Å². The van der Waals surface area contributed by atoms with Crippen LogP contribution in [0.2, 0.25) is 0 Å². The highest BCUT2D eigenvalue weighted by molar-refractivity contribution is 7.92. The summed E-state index contributed by atoms with van der Waals surface area (Å²) in [5, 5.41) is 0. The third-order valence-electron chi connectivity index (χ3n) is 7.64. The zero-order chi connectivity index (χ0) is 24.3. The molecule has 0 unspecified atom stereocenters. The molecule has 184 valence electrons. The average molecular weight is 493 g/mol. The van der Waals surface area contributed by atoms with Gasteiger partial charge in [-0.2, -0.15) is 0 Å². The van der Waals surface area contributed by atoms with Gasteiger partial charge in [0, 0.05) is 25.2 Å². The lowest BCUT2D eigenvalue weighted by atomic mass is 9.78. The number of rotatable bonds is 6. The van der Waals surface area contributed by atoms with E-state index in [0.717, 1.165) is 25.9 Å². The second-order valence-corrected chi connectivity index (χ2v) is 11.5. The van der Waals surface area contributed by atoms with Gasteiger partial charge in [-0.1, -0.05) is 61.4 Å². The normalized spacial score (nSPS) is 22.1. The van der Waals surface area contributed by atoms with Gasteiger partial charge in [0.15, 0.2) is 0 Å². The highest BCUT2D eigenvalue weighted by atomic mass is 32.2. The van der Waals surface area contributed by atoms with Gasteiger partial charge in [-0.3, -0.25) is 9.21 Å². The Bertz CT molecular complexity index is 1190. The van der Waals surface area contributed by atoms with Crippen LogP contribution in [-0.4, -0.2) is 38.5 Å². The minimum atomic E-state index is -3.77. The predicted octanol–water partition coefficient (Wildman–Crippen LogP) is 6.21. The fourth-order valence-corrected chi connectivity index (χ4v) is 7.66. The monoisotopic (exact) mass is 492 g/mol. The van der Waals surface area contributed by atoms with Gasteiger partial charge in [-0.25, -0.2) is 12.8 Å². The van der Waals surface area contributed by atoms with E-state index in [0.29, 0.717) is 17.6 Å². The van der Waals surface area contributed by atoms with Crippen LogP contribution in [0.1, 0.15) is 50.0 Å². The van der Waals surface area contributed by atoms with Crippen molar-refractivity contribution in [2.24, 2.45) is 0 Å². The number of piperidine rings is 1. The molecule has 5 rings (SSSR count). The third-order valence-corrected chi connectivity index (χ3v) is 9.53. The Kier molecular flexibility index (Phi) is 7.21. The van der Waals surface area contributed by atoms with E-state index in [1.165, 1.54) is 47.7 Å². The van der Waals surface area contributed by atoms with Crippen LogP contribution in [0.4, 0.5) is 10.1 Å². The summed E-state index contributed by atoms with van der Waals surface area (Å²) in [6.07, 6.45) is 6.41. The van der Waals surface area contributed by atoms with E-state index in [1.807, 2.05) is 6.07 Å². The Morgan fingerprint density at radius 3 is 2.00 bits per heavy atom. The van der Waals surface area contributed by atoms with Crippen LogP contribution in [0.15, 0.2) is 89.8 Å². The Balaban J connectivity index is 1.38. The molecule has 2 atom stereocenters. The molecule has 4 nitrogen and oxygen atoms in total. The molecule has 2 fully saturated rings. The highest BCUT2D eigenvalue weighted by Crippen LogP contribution is 2.38. The van der Waals surface area contributed by atoms with Gasteiger partial charge in [0.25, 0.3) is 10.0 Å². The molecule has 3 aromatic rings. The molecular weight excluding hydrogens is 459 g/mol. The molecule has 0 spiro atoms. The molecule has 0 aromatic heterocycles. The van der Waals surface area contributed by atoms with Crippen LogP contribution in [0.3, 0.4) is 0 Å². The fraction of sp³-hybridized carbons (Fsp3) is 0.379. The van der Waals surface area contributed by atoms with Crippen molar-refractivity contribution in [3.8, 4) is 0 Å². The van der Waals surface area contributed by atoms with Crippen molar-refractivity contribution in [1.29, 1.82) is 0 Å². The standard InChI is InChI=1S/C29H33FN2O2S/c30-24-15-17-25(18-16-24)32(35(33,34)27-11-5-2-6-12-27)26-19-21-31(22-20-26)29-14-8-7-13-28(29)23-9-3-1-4-10-23/h1-6,9-12,15-18,26,28-29H,7-8,13-14,19-22H2/t28-,29-/m1/s1. The van der Waals surface area contributed by atoms with Crippen molar-refractivity contribution in [2.45, 2.75) is 61.4 Å². The van der Waals surface area contributed by atoms with Gasteiger partial charge in [-0.15, -0.1) is 0 Å². The number of benzene rings is 3. The summed E-state index contributed by atoms with van der Waals surface area (Å²) in [4.78, 5) is 2.86. The molecule has 2 aliphatic rings. The van der Waals surface area contributed by atoms with Crippen molar-refractivity contribution in [3.63, 3.8) is 0 Å². The number of sulfonamides is 1. The number of hydrogen-bond acceptors (Lipinski definition) is 3. The summed E-state index contributed by atoms with van der Waals surface area (Å²) in [5.74, 6) is 0.160. The molecule has 1 heterocycles. The van der Waals surface area contributed by atoms with Crippen LogP contribution in [0.5, 0.6) is 0 Å². The summed E-state index contributed by atoms with van der Waals surface area (Å²) in [6.45, 7) is 1.72. The number of anilines is 1. The van der Waals surface area contributed by atoms with Crippen molar-refractivity contribution in [1.82, 2.24) is 4.90 Å². The van der Waals surface area contributed by atoms with Crippen LogP contribution < -0.4 is 4.31 Å². The molecule has 0 bridgehead atoms. The summed E-state index contributed by atoms with van der Waals surface area (Å²) in [6, 6.07) is 25.5. The second-order valence-electron chi connectivity index (χ2n) is 9.73. The topological polar surface area (TPSA) is 40.6 Å². The molecule has 0 radical (unpaired) electrons. The Hall–Kier alpha value is -2.70. The van der Waals surface area contributed by atoms with Gasteiger partial charge in [0.2, 0.25) is 0 Å². The maximum atomic E-state index is 13.8. The molecular formula is C29H33FN2O2S. The van der Waals surface area contributed by atoms with E-state index in [2.05, 4.69) is 35.2 Å². The first-order valence-corrected chi connectivity index (χ1v) is 14.1. The summed E-state index contributed by atoms with van der Waals surface area (Å²) in [5.41, 5.74) is 1.94. The molecule has 3 aromatic carbocycles. The van der Waals surface area contributed by atoms with Crippen LogP contribution in [0.25, 0.3) is 0 Å². The van der Waals surface area contributed by atoms with E-state index in [-0.39, 0.29) is 16.8 Å². The second kappa shape index (κ2) is 10.5. The van der Waals surface area contributed by atoms with Crippen molar-refractivity contribution in [2.75, 3.05) is 17.4 Å². The third kappa shape index (κ3) is 5.14. The van der Waals surface area contributed by atoms with Crippen molar-refractivity contribution in [3.05, 3.63) is 96.3 Å². The van der Waals surface area contributed by atoms with E-state index in [1.54, 1.807) is 36.4 Å². The molecule has 6 heteroatoms. The largest absolute Gasteiger partial charge is 0.300 e. The zero-order valence-electron chi connectivity index (χ0n) is 20.0. The first-order chi connectivity index (χ1) is 17.0. The van der Waals surface area contributed by atoms with Gasteiger partial charge < -0.3 is 0 Å².